The molecular formula is C22H28N4O3. The van der Waals surface area contributed by atoms with Crippen LogP contribution in [-0.2, 0) is 14.9 Å². The van der Waals surface area contributed by atoms with Crippen LogP contribution in [0.15, 0.2) is 36.7 Å². The molecule has 0 aliphatic carbocycles. The largest absolute Gasteiger partial charge is 0.355 e. The van der Waals surface area contributed by atoms with Gasteiger partial charge >= 0.3 is 0 Å². The second kappa shape index (κ2) is 7.72. The fourth-order valence-corrected chi connectivity index (χ4v) is 3.90. The van der Waals surface area contributed by atoms with Crippen LogP contribution in [0.4, 0.5) is 11.5 Å². The third kappa shape index (κ3) is 4.26. The number of hydrogen-bond acceptors (Lipinski definition) is 6. The molecule has 1 amide bonds. The van der Waals surface area contributed by atoms with E-state index in [1.165, 1.54) is 6.20 Å². The number of anilines is 2. The molecule has 4 rings (SSSR count). The van der Waals surface area contributed by atoms with Crippen LogP contribution in [0.1, 0.15) is 49.7 Å². The van der Waals surface area contributed by atoms with Crippen molar-refractivity contribution in [2.75, 3.05) is 36.5 Å². The van der Waals surface area contributed by atoms with Crippen LogP contribution < -0.4 is 10.2 Å². The highest BCUT2D eigenvalue weighted by atomic mass is 16.7. The first-order chi connectivity index (χ1) is 13.9. The first-order valence-electron chi connectivity index (χ1n) is 10.1. The smallest absolute Gasteiger partial charge is 0.275 e. The lowest BCUT2D eigenvalue weighted by molar-refractivity contribution is -0.169. The Bertz CT molecular complexity index is 860. The summed E-state index contributed by atoms with van der Waals surface area (Å²) in [5.74, 6) is 0.0973. The van der Waals surface area contributed by atoms with Crippen molar-refractivity contribution >= 4 is 17.4 Å². The van der Waals surface area contributed by atoms with Gasteiger partial charge in [-0.3, -0.25) is 4.79 Å². The lowest BCUT2D eigenvalue weighted by Crippen LogP contribution is -2.45. The van der Waals surface area contributed by atoms with E-state index in [1.807, 2.05) is 24.3 Å². The number of aromatic nitrogens is 2. The number of ether oxygens (including phenoxy) is 2. The fraction of sp³-hybridized carbons (Fsp3) is 0.500. The van der Waals surface area contributed by atoms with Crippen molar-refractivity contribution < 1.29 is 14.3 Å². The van der Waals surface area contributed by atoms with Gasteiger partial charge in [0.05, 0.1) is 25.6 Å². The maximum absolute atomic E-state index is 12.7. The second-order valence-electron chi connectivity index (χ2n) is 8.60. The molecule has 1 N–H and O–H groups in total. The number of rotatable bonds is 3. The van der Waals surface area contributed by atoms with Gasteiger partial charge in [-0.05, 0) is 17.0 Å². The van der Waals surface area contributed by atoms with Gasteiger partial charge in [-0.2, -0.15) is 0 Å². The molecule has 0 unspecified atom stereocenters. The normalized spacial score (nSPS) is 18.8. The third-order valence-corrected chi connectivity index (χ3v) is 5.52. The molecule has 2 aliphatic rings. The molecule has 1 aromatic carbocycles. The van der Waals surface area contributed by atoms with E-state index >= 15 is 0 Å². The van der Waals surface area contributed by atoms with Crippen LogP contribution in [0.5, 0.6) is 0 Å². The van der Waals surface area contributed by atoms with Crippen molar-refractivity contribution in [2.24, 2.45) is 0 Å². The van der Waals surface area contributed by atoms with Gasteiger partial charge in [0, 0.05) is 31.6 Å². The number of nitrogens with zero attached hydrogens (tertiary/aromatic N) is 3. The number of carbonyl (C=O) groups excluding carboxylic acids is 1. The second-order valence-corrected chi connectivity index (χ2v) is 8.60. The summed E-state index contributed by atoms with van der Waals surface area (Å²) in [4.78, 5) is 23.7. The van der Waals surface area contributed by atoms with Gasteiger partial charge in [0.25, 0.3) is 5.91 Å². The number of piperidine rings is 1. The third-order valence-electron chi connectivity index (χ3n) is 5.52. The highest BCUT2D eigenvalue weighted by Gasteiger charge is 2.40. The van der Waals surface area contributed by atoms with E-state index in [-0.39, 0.29) is 11.3 Å². The molecule has 154 valence electrons. The Morgan fingerprint density at radius 1 is 1.07 bits per heavy atom. The van der Waals surface area contributed by atoms with Crippen molar-refractivity contribution in [3.05, 3.63) is 47.9 Å². The number of hydrogen-bond donors (Lipinski definition) is 1. The lowest BCUT2D eigenvalue weighted by atomic mass is 9.86. The van der Waals surface area contributed by atoms with Gasteiger partial charge < -0.3 is 19.7 Å². The average molecular weight is 396 g/mol. The zero-order valence-electron chi connectivity index (χ0n) is 17.3. The van der Waals surface area contributed by atoms with E-state index in [0.29, 0.717) is 18.9 Å². The molecule has 0 saturated carbocycles. The fourth-order valence-electron chi connectivity index (χ4n) is 3.90. The number of carbonyl (C=O) groups is 1. The zero-order valence-corrected chi connectivity index (χ0v) is 17.3. The molecule has 29 heavy (non-hydrogen) atoms. The molecule has 0 bridgehead atoms. The maximum atomic E-state index is 12.7. The topological polar surface area (TPSA) is 76.6 Å². The van der Waals surface area contributed by atoms with Crippen LogP contribution in [0, 0.1) is 0 Å². The van der Waals surface area contributed by atoms with Crippen molar-refractivity contribution in [1.29, 1.82) is 0 Å². The minimum absolute atomic E-state index is 0.0716. The molecule has 1 spiro atoms. The standard InChI is InChI=1S/C22H28N4O3/c1-21(2,3)16-6-4-5-7-17(16)25-20(27)18-14-24-19(15-23-18)26-10-8-22(9-11-26)28-12-13-29-22/h4-7,14-15H,8-13H2,1-3H3,(H,25,27). The van der Waals surface area contributed by atoms with E-state index in [9.17, 15) is 4.79 Å². The summed E-state index contributed by atoms with van der Waals surface area (Å²) in [6, 6.07) is 7.85. The van der Waals surface area contributed by atoms with E-state index in [0.717, 1.165) is 43.0 Å². The molecule has 2 fully saturated rings. The summed E-state index contributed by atoms with van der Waals surface area (Å²) in [5, 5.41) is 2.98. The SMILES string of the molecule is CC(C)(C)c1ccccc1NC(=O)c1cnc(N2CCC3(CC2)OCCO3)cn1. The van der Waals surface area contributed by atoms with Crippen molar-refractivity contribution in [1.82, 2.24) is 9.97 Å². The Labute approximate surface area is 171 Å². The summed E-state index contributed by atoms with van der Waals surface area (Å²) in [7, 11) is 0. The molecule has 7 heteroatoms. The summed E-state index contributed by atoms with van der Waals surface area (Å²) in [6.45, 7) is 9.28. The monoisotopic (exact) mass is 396 g/mol. The van der Waals surface area contributed by atoms with Gasteiger partial charge in [0.2, 0.25) is 0 Å². The Balaban J connectivity index is 1.42. The van der Waals surface area contributed by atoms with Crippen LogP contribution >= 0.6 is 0 Å². The molecule has 0 atom stereocenters. The molecular weight excluding hydrogens is 368 g/mol. The predicted octanol–water partition coefficient (Wildman–Crippen LogP) is 3.37. The number of amides is 1. The van der Waals surface area contributed by atoms with E-state index in [1.54, 1.807) is 6.20 Å². The number of para-hydroxylation sites is 1. The van der Waals surface area contributed by atoms with E-state index in [2.05, 4.69) is 41.0 Å². The Morgan fingerprint density at radius 2 is 1.76 bits per heavy atom. The zero-order chi connectivity index (χ0) is 20.5. The van der Waals surface area contributed by atoms with Crippen LogP contribution in [0.25, 0.3) is 0 Å². The molecule has 3 heterocycles. The van der Waals surface area contributed by atoms with Crippen molar-refractivity contribution in [3.63, 3.8) is 0 Å². The van der Waals surface area contributed by atoms with Gasteiger partial charge in [-0.25, -0.2) is 9.97 Å². The van der Waals surface area contributed by atoms with Gasteiger partial charge in [0.15, 0.2) is 5.79 Å². The van der Waals surface area contributed by atoms with Crippen molar-refractivity contribution in [2.45, 2.75) is 44.8 Å². The van der Waals surface area contributed by atoms with Gasteiger partial charge in [-0.1, -0.05) is 39.0 Å². The van der Waals surface area contributed by atoms with E-state index < -0.39 is 5.79 Å². The quantitative estimate of drug-likeness (QED) is 0.857. The molecule has 0 radical (unpaired) electrons. The van der Waals surface area contributed by atoms with Crippen LogP contribution in [0.3, 0.4) is 0 Å². The first kappa shape index (κ1) is 19.8. The molecule has 2 aliphatic heterocycles. The van der Waals surface area contributed by atoms with Gasteiger partial charge in [-0.15, -0.1) is 0 Å². The Kier molecular flexibility index (Phi) is 5.27. The maximum Gasteiger partial charge on any atom is 0.275 e. The summed E-state index contributed by atoms with van der Waals surface area (Å²) in [6.07, 6.45) is 4.82. The van der Waals surface area contributed by atoms with Crippen LogP contribution in [0.2, 0.25) is 0 Å². The number of benzene rings is 1. The van der Waals surface area contributed by atoms with Crippen LogP contribution in [-0.4, -0.2) is 48.0 Å². The van der Waals surface area contributed by atoms with E-state index in [4.69, 9.17) is 9.47 Å². The molecule has 2 aromatic rings. The van der Waals surface area contributed by atoms with Crippen molar-refractivity contribution in [3.8, 4) is 0 Å². The predicted molar refractivity (Wildman–Crippen MR) is 111 cm³/mol. The summed E-state index contributed by atoms with van der Waals surface area (Å²) < 4.78 is 11.5. The average Bonchev–Trinajstić information content (AvgIpc) is 3.16. The summed E-state index contributed by atoms with van der Waals surface area (Å²) >= 11 is 0. The lowest BCUT2D eigenvalue weighted by Gasteiger charge is -2.37. The highest BCUT2D eigenvalue weighted by molar-refractivity contribution is 6.03. The molecule has 7 nitrogen and oxygen atoms in total. The molecule has 1 aromatic heterocycles. The first-order valence-corrected chi connectivity index (χ1v) is 10.1. The Morgan fingerprint density at radius 3 is 2.38 bits per heavy atom. The van der Waals surface area contributed by atoms with Gasteiger partial charge in [0.1, 0.15) is 11.5 Å². The Hall–Kier alpha value is -2.51. The minimum Gasteiger partial charge on any atom is -0.355 e. The minimum atomic E-state index is -0.412. The highest BCUT2D eigenvalue weighted by Crippen LogP contribution is 2.32. The molecule has 2 saturated heterocycles. The number of nitrogens with one attached hydrogen (secondary N) is 1. The summed E-state index contributed by atoms with van der Waals surface area (Å²) in [5.41, 5.74) is 2.11.